The molecule has 1 atom stereocenters. The number of carbonyl (C=O) groups is 2. The summed E-state index contributed by atoms with van der Waals surface area (Å²) in [5.41, 5.74) is 0.645. The van der Waals surface area contributed by atoms with Gasteiger partial charge in [-0.3, -0.25) is 14.8 Å². The summed E-state index contributed by atoms with van der Waals surface area (Å²) in [6, 6.07) is 14.9. The second-order valence-electron chi connectivity index (χ2n) is 4.83. The van der Waals surface area contributed by atoms with Crippen LogP contribution >= 0.6 is 0 Å². The monoisotopic (exact) mass is 319 g/mol. The van der Waals surface area contributed by atoms with Crippen molar-refractivity contribution in [2.45, 2.75) is 6.10 Å². The van der Waals surface area contributed by atoms with Crippen molar-refractivity contribution < 1.29 is 14.3 Å². The van der Waals surface area contributed by atoms with Crippen LogP contribution in [-0.2, 0) is 4.74 Å². The molecule has 6 heteroatoms. The van der Waals surface area contributed by atoms with Crippen LogP contribution in [0.1, 0.15) is 32.8 Å². The minimum atomic E-state index is -1.18. The largest absolute Gasteiger partial charge is 0.443 e. The fourth-order valence-corrected chi connectivity index (χ4v) is 2.07. The Kier molecular flexibility index (Phi) is 4.67. The van der Waals surface area contributed by atoms with Crippen molar-refractivity contribution in [2.75, 3.05) is 0 Å². The van der Waals surface area contributed by atoms with Crippen molar-refractivity contribution in [2.24, 2.45) is 0 Å². The smallest absolute Gasteiger partial charge is 0.358 e. The first-order chi connectivity index (χ1) is 11.8. The van der Waals surface area contributed by atoms with Gasteiger partial charge < -0.3 is 4.74 Å². The highest BCUT2D eigenvalue weighted by molar-refractivity contribution is 6.00. The molecule has 3 aromatic rings. The number of nitrogens with zero attached hydrogens (tertiary/aromatic N) is 3. The molecule has 0 aromatic carbocycles. The summed E-state index contributed by atoms with van der Waals surface area (Å²) in [4.78, 5) is 37.1. The van der Waals surface area contributed by atoms with Crippen LogP contribution < -0.4 is 0 Å². The van der Waals surface area contributed by atoms with E-state index in [1.807, 2.05) is 0 Å². The van der Waals surface area contributed by atoms with Crippen LogP contribution in [0.25, 0.3) is 0 Å². The van der Waals surface area contributed by atoms with Gasteiger partial charge in [0.25, 0.3) is 0 Å². The third kappa shape index (κ3) is 3.49. The fraction of sp³-hybridized carbons (Fsp3) is 0.0556. The molecular formula is C18H13N3O3. The molecule has 0 saturated heterocycles. The molecular weight excluding hydrogens is 306 g/mol. The van der Waals surface area contributed by atoms with Gasteiger partial charge in [0, 0.05) is 18.6 Å². The Morgan fingerprint density at radius 1 is 0.750 bits per heavy atom. The van der Waals surface area contributed by atoms with Crippen LogP contribution in [0.15, 0.2) is 73.2 Å². The summed E-state index contributed by atoms with van der Waals surface area (Å²) in [5, 5.41) is 0. The minimum Gasteiger partial charge on any atom is -0.443 e. The topological polar surface area (TPSA) is 82.0 Å². The van der Waals surface area contributed by atoms with Crippen LogP contribution in [0.3, 0.4) is 0 Å². The molecule has 1 unspecified atom stereocenters. The molecule has 3 aromatic heterocycles. The highest BCUT2D eigenvalue weighted by Crippen LogP contribution is 2.21. The van der Waals surface area contributed by atoms with E-state index in [0.29, 0.717) is 5.69 Å². The number of ketones is 1. The lowest BCUT2D eigenvalue weighted by atomic mass is 10.1. The Morgan fingerprint density at radius 3 is 1.88 bits per heavy atom. The lowest BCUT2D eigenvalue weighted by Gasteiger charge is -2.15. The maximum Gasteiger partial charge on any atom is 0.358 e. The molecule has 0 fully saturated rings. The second-order valence-corrected chi connectivity index (χ2v) is 4.83. The lowest BCUT2D eigenvalue weighted by Crippen LogP contribution is -2.22. The van der Waals surface area contributed by atoms with E-state index in [9.17, 15) is 9.59 Å². The van der Waals surface area contributed by atoms with Gasteiger partial charge >= 0.3 is 5.97 Å². The molecule has 0 bridgehead atoms. The van der Waals surface area contributed by atoms with Gasteiger partial charge in [-0.2, -0.15) is 0 Å². The Bertz CT molecular complexity index is 824. The molecule has 6 nitrogen and oxygen atoms in total. The number of Topliss-reactive ketones (excluding diaryl/α,β-unsaturated/α-hetero) is 1. The molecule has 0 saturated carbocycles. The molecule has 0 aliphatic heterocycles. The van der Waals surface area contributed by atoms with Crippen LogP contribution in [0.5, 0.6) is 0 Å². The van der Waals surface area contributed by atoms with Crippen LogP contribution in [0.2, 0.25) is 0 Å². The van der Waals surface area contributed by atoms with Gasteiger partial charge in [-0.05, 0) is 36.4 Å². The van der Waals surface area contributed by atoms with Gasteiger partial charge in [-0.25, -0.2) is 9.78 Å². The van der Waals surface area contributed by atoms with Crippen molar-refractivity contribution in [1.29, 1.82) is 0 Å². The number of ether oxygens (including phenoxy) is 1. The van der Waals surface area contributed by atoms with E-state index in [1.165, 1.54) is 24.7 Å². The second kappa shape index (κ2) is 7.23. The van der Waals surface area contributed by atoms with Crippen molar-refractivity contribution >= 4 is 11.8 Å². The third-order valence-electron chi connectivity index (χ3n) is 3.21. The van der Waals surface area contributed by atoms with Gasteiger partial charge in [0.1, 0.15) is 11.4 Å². The molecule has 0 aliphatic rings. The standard InChI is InChI=1S/C18H13N3O3/c22-16(13-7-1-4-10-19-13)17(14-8-2-5-11-20-14)24-18(23)15-9-3-6-12-21-15/h1-12,17H. The molecule has 0 spiro atoms. The van der Waals surface area contributed by atoms with Crippen molar-refractivity contribution in [3.63, 3.8) is 0 Å². The van der Waals surface area contributed by atoms with Gasteiger partial charge in [0.05, 0.1) is 5.69 Å². The Balaban J connectivity index is 1.91. The van der Waals surface area contributed by atoms with Crippen molar-refractivity contribution in [3.05, 3.63) is 90.3 Å². The number of hydrogen-bond acceptors (Lipinski definition) is 6. The normalized spacial score (nSPS) is 11.5. The maximum atomic E-state index is 12.7. The van der Waals surface area contributed by atoms with E-state index in [2.05, 4.69) is 15.0 Å². The first-order valence-corrected chi connectivity index (χ1v) is 7.24. The van der Waals surface area contributed by atoms with Crippen molar-refractivity contribution in [1.82, 2.24) is 15.0 Å². The first-order valence-electron chi connectivity index (χ1n) is 7.24. The van der Waals surface area contributed by atoms with Gasteiger partial charge in [0.2, 0.25) is 11.9 Å². The van der Waals surface area contributed by atoms with Gasteiger partial charge in [-0.15, -0.1) is 0 Å². The highest BCUT2D eigenvalue weighted by Gasteiger charge is 2.29. The minimum absolute atomic E-state index is 0.118. The van der Waals surface area contributed by atoms with E-state index < -0.39 is 17.9 Å². The third-order valence-corrected chi connectivity index (χ3v) is 3.21. The molecule has 0 aliphatic carbocycles. The van der Waals surface area contributed by atoms with E-state index in [-0.39, 0.29) is 11.4 Å². The van der Waals surface area contributed by atoms with Crippen LogP contribution in [0, 0.1) is 0 Å². The summed E-state index contributed by atoms with van der Waals surface area (Å²) in [7, 11) is 0. The van der Waals surface area contributed by atoms with Gasteiger partial charge in [-0.1, -0.05) is 18.2 Å². The van der Waals surface area contributed by atoms with E-state index in [1.54, 1.807) is 48.5 Å². The predicted octanol–water partition coefficient (Wildman–Crippen LogP) is 2.65. The van der Waals surface area contributed by atoms with Crippen LogP contribution in [-0.4, -0.2) is 26.7 Å². The highest BCUT2D eigenvalue weighted by atomic mass is 16.5. The van der Waals surface area contributed by atoms with E-state index in [4.69, 9.17) is 4.74 Å². The zero-order chi connectivity index (χ0) is 16.8. The SMILES string of the molecule is O=C(OC(C(=O)c1ccccn1)c1ccccn1)c1ccccn1. The first kappa shape index (κ1) is 15.5. The molecule has 3 heterocycles. The summed E-state index contributed by atoms with van der Waals surface area (Å²) in [5.74, 6) is -1.14. The Morgan fingerprint density at radius 2 is 1.33 bits per heavy atom. The van der Waals surface area contributed by atoms with Crippen molar-refractivity contribution in [3.8, 4) is 0 Å². The summed E-state index contributed by atoms with van der Waals surface area (Å²) >= 11 is 0. The molecule has 118 valence electrons. The number of pyridine rings is 3. The summed E-state index contributed by atoms with van der Waals surface area (Å²) < 4.78 is 5.39. The van der Waals surface area contributed by atoms with Crippen LogP contribution in [0.4, 0.5) is 0 Å². The predicted molar refractivity (Wildman–Crippen MR) is 85.2 cm³/mol. The zero-order valence-corrected chi connectivity index (χ0v) is 12.6. The fourth-order valence-electron chi connectivity index (χ4n) is 2.07. The summed E-state index contributed by atoms with van der Waals surface area (Å²) in [6.45, 7) is 0. The quantitative estimate of drug-likeness (QED) is 0.531. The molecule has 0 amide bonds. The summed E-state index contributed by atoms with van der Waals surface area (Å²) in [6.07, 6.45) is 3.33. The number of carbonyl (C=O) groups excluding carboxylic acids is 2. The Labute approximate surface area is 138 Å². The average Bonchev–Trinajstić information content (AvgIpc) is 2.67. The maximum absolute atomic E-state index is 12.7. The number of esters is 1. The Hall–Kier alpha value is -3.41. The number of hydrogen-bond donors (Lipinski definition) is 0. The van der Waals surface area contributed by atoms with E-state index in [0.717, 1.165) is 0 Å². The number of aromatic nitrogens is 3. The number of rotatable bonds is 5. The molecule has 3 rings (SSSR count). The zero-order valence-electron chi connectivity index (χ0n) is 12.6. The molecule has 0 N–H and O–H groups in total. The average molecular weight is 319 g/mol. The lowest BCUT2D eigenvalue weighted by molar-refractivity contribution is 0.0264. The van der Waals surface area contributed by atoms with E-state index >= 15 is 0 Å². The van der Waals surface area contributed by atoms with Gasteiger partial charge in [0.15, 0.2) is 0 Å². The molecule has 24 heavy (non-hydrogen) atoms. The molecule has 0 radical (unpaired) electrons.